The number of carbonyl (C=O) groups excluding carboxylic acids is 1. The number of hydrogen-bond acceptors (Lipinski definition) is 4. The Morgan fingerprint density at radius 3 is 2.22 bits per heavy atom. The molecule has 5 nitrogen and oxygen atoms in total. The van der Waals surface area contributed by atoms with Crippen LogP contribution in [-0.2, 0) is 9.59 Å². The highest BCUT2D eigenvalue weighted by molar-refractivity contribution is 5.91. The van der Waals surface area contributed by atoms with Crippen LogP contribution in [0.15, 0.2) is 24.3 Å². The summed E-state index contributed by atoms with van der Waals surface area (Å²) in [4.78, 5) is 21.1. The molecule has 0 saturated heterocycles. The highest BCUT2D eigenvalue weighted by Crippen LogP contribution is 2.19. The van der Waals surface area contributed by atoms with Crippen molar-refractivity contribution in [2.45, 2.75) is 33.1 Å². The van der Waals surface area contributed by atoms with Gasteiger partial charge in [0.1, 0.15) is 6.42 Å². The van der Waals surface area contributed by atoms with Gasteiger partial charge in [0.2, 0.25) is 0 Å². The zero-order valence-corrected chi connectivity index (χ0v) is 10.7. The Hall–Kier alpha value is -2.04. The van der Waals surface area contributed by atoms with Crippen molar-refractivity contribution in [3.8, 4) is 5.75 Å². The molecule has 0 radical (unpaired) electrons. The summed E-state index contributed by atoms with van der Waals surface area (Å²) in [5.41, 5.74) is 5.77. The van der Waals surface area contributed by atoms with Crippen molar-refractivity contribution in [3.63, 3.8) is 0 Å². The molecular weight excluding hydrogens is 234 g/mol. The number of anilines is 1. The molecule has 0 spiro atoms. The minimum absolute atomic E-state index is 0.179. The maximum absolute atomic E-state index is 10.9. The van der Waals surface area contributed by atoms with Crippen LogP contribution >= 0.6 is 0 Å². The molecule has 0 aliphatic heterocycles. The third kappa shape index (κ3) is 7.27. The van der Waals surface area contributed by atoms with E-state index < -0.39 is 18.4 Å². The third-order valence-corrected chi connectivity index (χ3v) is 1.94. The number of ether oxygens (including phenoxy) is 1. The Morgan fingerprint density at radius 1 is 1.22 bits per heavy atom. The fourth-order valence-electron chi connectivity index (χ4n) is 0.856. The number of aliphatic carboxylic acids is 1. The summed E-state index contributed by atoms with van der Waals surface area (Å²) < 4.78 is 4.71. The zero-order chi connectivity index (χ0) is 14.0. The lowest BCUT2D eigenvalue weighted by Gasteiger charge is -2.04. The van der Waals surface area contributed by atoms with Gasteiger partial charge in [-0.3, -0.25) is 9.59 Å². The molecule has 0 aliphatic carbocycles. The summed E-state index contributed by atoms with van der Waals surface area (Å²) in [7, 11) is 0. The molecule has 0 bridgehead atoms. The molecule has 100 valence electrons. The second-order valence-corrected chi connectivity index (χ2v) is 3.58. The van der Waals surface area contributed by atoms with Gasteiger partial charge in [0.25, 0.3) is 0 Å². The fraction of sp³-hybridized carbons (Fsp3) is 0.385. The largest absolute Gasteiger partial charge is 0.481 e. The van der Waals surface area contributed by atoms with E-state index in [9.17, 15) is 9.59 Å². The van der Waals surface area contributed by atoms with Crippen LogP contribution in [0.25, 0.3) is 0 Å². The number of nitrogen functional groups attached to an aromatic ring is 1. The summed E-state index contributed by atoms with van der Waals surface area (Å²) in [5.74, 6) is -1.89. The van der Waals surface area contributed by atoms with E-state index in [0.29, 0.717) is 5.69 Å². The smallest absolute Gasteiger partial charge is 0.322 e. The van der Waals surface area contributed by atoms with Gasteiger partial charge in [-0.25, -0.2) is 0 Å². The molecule has 1 aromatic rings. The van der Waals surface area contributed by atoms with Crippen molar-refractivity contribution < 1.29 is 19.4 Å². The van der Waals surface area contributed by atoms with Gasteiger partial charge in [0.15, 0.2) is 5.75 Å². The van der Waals surface area contributed by atoms with Crippen LogP contribution in [0.1, 0.15) is 33.1 Å². The first-order valence-corrected chi connectivity index (χ1v) is 5.78. The monoisotopic (exact) mass is 253 g/mol. The molecule has 0 unspecified atom stereocenters. The van der Waals surface area contributed by atoms with Crippen LogP contribution in [0.2, 0.25) is 0 Å². The van der Waals surface area contributed by atoms with Crippen molar-refractivity contribution >= 4 is 17.6 Å². The lowest BCUT2D eigenvalue weighted by Crippen LogP contribution is -2.13. The van der Waals surface area contributed by atoms with Crippen molar-refractivity contribution in [1.29, 1.82) is 0 Å². The predicted molar refractivity (Wildman–Crippen MR) is 69.3 cm³/mol. The van der Waals surface area contributed by atoms with Crippen LogP contribution < -0.4 is 10.5 Å². The minimum Gasteiger partial charge on any atom is -0.481 e. The Bertz CT molecular complexity index is 388. The molecule has 0 aromatic heterocycles. The normalized spacial score (nSPS) is 9.00. The van der Waals surface area contributed by atoms with Gasteiger partial charge in [-0.2, -0.15) is 0 Å². The lowest BCUT2D eigenvalue weighted by molar-refractivity contribution is -0.145. The van der Waals surface area contributed by atoms with E-state index in [0.717, 1.165) is 0 Å². The zero-order valence-electron chi connectivity index (χ0n) is 10.7. The van der Waals surface area contributed by atoms with Crippen LogP contribution in [0, 0.1) is 0 Å². The van der Waals surface area contributed by atoms with Crippen LogP contribution in [0.5, 0.6) is 5.75 Å². The summed E-state index contributed by atoms with van der Waals surface area (Å²) in [6, 6.07) is 6.38. The van der Waals surface area contributed by atoms with E-state index >= 15 is 0 Å². The average molecular weight is 253 g/mol. The molecule has 0 saturated carbocycles. The van der Waals surface area contributed by atoms with Gasteiger partial charge in [0, 0.05) is 0 Å². The van der Waals surface area contributed by atoms with E-state index in [1.54, 1.807) is 18.2 Å². The summed E-state index contributed by atoms with van der Waals surface area (Å²) >= 11 is 0. The summed E-state index contributed by atoms with van der Waals surface area (Å²) in [5, 5.41) is 8.30. The van der Waals surface area contributed by atoms with Gasteiger partial charge in [-0.15, -0.1) is 0 Å². The maximum atomic E-state index is 10.9. The number of carboxylic acid groups (broad SMARTS) is 1. The predicted octanol–water partition coefficient (Wildman–Crippen LogP) is 2.46. The molecule has 1 aromatic carbocycles. The van der Waals surface area contributed by atoms with Crippen LogP contribution in [-0.4, -0.2) is 17.0 Å². The third-order valence-electron chi connectivity index (χ3n) is 1.94. The number of carboxylic acids is 1. The number of para-hydroxylation sites is 2. The van der Waals surface area contributed by atoms with Gasteiger partial charge in [-0.05, 0) is 12.1 Å². The standard InChI is InChI=1S/C9H9NO4.C4H10/c10-6-3-1-2-4-7(6)14-9(13)5-8(11)12;1-3-4-2/h1-4H,5,10H2,(H,11,12);3-4H2,1-2H3. The van der Waals surface area contributed by atoms with Gasteiger partial charge in [-0.1, -0.05) is 38.8 Å². The summed E-state index contributed by atoms with van der Waals surface area (Å²) in [6.45, 7) is 4.36. The number of rotatable bonds is 4. The topological polar surface area (TPSA) is 89.6 Å². The molecule has 3 N–H and O–H groups in total. The Kier molecular flexibility index (Phi) is 8.01. The minimum atomic E-state index is -1.23. The first-order chi connectivity index (χ1) is 8.51. The van der Waals surface area contributed by atoms with Crippen molar-refractivity contribution in [3.05, 3.63) is 24.3 Å². The number of carbonyl (C=O) groups is 2. The molecule has 1 rings (SSSR count). The van der Waals surface area contributed by atoms with Crippen LogP contribution in [0.4, 0.5) is 5.69 Å². The molecule has 0 fully saturated rings. The Balaban J connectivity index is 0.000000631. The van der Waals surface area contributed by atoms with E-state index in [4.69, 9.17) is 15.6 Å². The second-order valence-electron chi connectivity index (χ2n) is 3.58. The number of nitrogens with two attached hydrogens (primary N) is 1. The molecule has 0 atom stereocenters. The average Bonchev–Trinajstić information content (AvgIpc) is 2.31. The molecule has 0 amide bonds. The van der Waals surface area contributed by atoms with E-state index in [1.165, 1.54) is 18.9 Å². The van der Waals surface area contributed by atoms with E-state index in [-0.39, 0.29) is 5.75 Å². The van der Waals surface area contributed by atoms with Gasteiger partial charge < -0.3 is 15.6 Å². The molecule has 0 heterocycles. The second kappa shape index (κ2) is 9.04. The number of unbranched alkanes of at least 4 members (excludes halogenated alkanes) is 1. The van der Waals surface area contributed by atoms with Crippen LogP contribution in [0.3, 0.4) is 0 Å². The number of esters is 1. The highest BCUT2D eigenvalue weighted by Gasteiger charge is 2.11. The van der Waals surface area contributed by atoms with E-state index in [1.807, 2.05) is 0 Å². The van der Waals surface area contributed by atoms with Crippen molar-refractivity contribution in [2.24, 2.45) is 0 Å². The first kappa shape index (κ1) is 16.0. The van der Waals surface area contributed by atoms with E-state index in [2.05, 4.69) is 13.8 Å². The molecular formula is C13H19NO4. The fourth-order valence-corrected chi connectivity index (χ4v) is 0.856. The Morgan fingerprint density at radius 2 is 1.78 bits per heavy atom. The number of hydrogen-bond donors (Lipinski definition) is 2. The highest BCUT2D eigenvalue weighted by atomic mass is 16.5. The SMILES string of the molecule is CCCC.Nc1ccccc1OC(=O)CC(=O)O. The van der Waals surface area contributed by atoms with Gasteiger partial charge >= 0.3 is 11.9 Å². The summed E-state index contributed by atoms with van der Waals surface area (Å²) in [6.07, 6.45) is 1.97. The molecule has 18 heavy (non-hydrogen) atoms. The van der Waals surface area contributed by atoms with Crippen molar-refractivity contribution in [1.82, 2.24) is 0 Å². The molecule has 5 heteroatoms. The van der Waals surface area contributed by atoms with Crippen molar-refractivity contribution in [2.75, 3.05) is 5.73 Å². The molecule has 0 aliphatic rings. The first-order valence-electron chi connectivity index (χ1n) is 5.78. The Labute approximate surface area is 107 Å². The van der Waals surface area contributed by atoms with Gasteiger partial charge in [0.05, 0.1) is 5.69 Å². The number of benzene rings is 1. The maximum Gasteiger partial charge on any atom is 0.322 e. The lowest BCUT2D eigenvalue weighted by atomic mass is 10.3. The quantitative estimate of drug-likeness (QED) is 0.372.